The van der Waals surface area contributed by atoms with Gasteiger partial charge in [0.2, 0.25) is 0 Å². The first-order valence-corrected chi connectivity index (χ1v) is 7.82. The van der Waals surface area contributed by atoms with Gasteiger partial charge in [-0.05, 0) is 29.5 Å². The van der Waals surface area contributed by atoms with Crippen LogP contribution >= 0.6 is 0 Å². The summed E-state index contributed by atoms with van der Waals surface area (Å²) in [5.74, 6) is 2.23. The van der Waals surface area contributed by atoms with Crippen LogP contribution < -0.4 is 4.74 Å². The molecule has 21 heavy (non-hydrogen) atoms. The number of ether oxygens (including phenoxy) is 1. The average molecular weight is 288 g/mol. The van der Waals surface area contributed by atoms with E-state index in [4.69, 9.17) is 10.00 Å². The van der Waals surface area contributed by atoms with E-state index in [1.165, 1.54) is 0 Å². The van der Waals surface area contributed by atoms with Crippen molar-refractivity contribution in [2.45, 2.75) is 34.1 Å². The van der Waals surface area contributed by atoms with Crippen molar-refractivity contribution in [2.24, 2.45) is 11.8 Å². The van der Waals surface area contributed by atoms with E-state index < -0.39 is 0 Å². The maximum Gasteiger partial charge on any atom is 0.119 e. The maximum absolute atomic E-state index is 8.65. The smallest absolute Gasteiger partial charge is 0.119 e. The largest absolute Gasteiger partial charge is 0.492 e. The first-order valence-electron chi connectivity index (χ1n) is 7.82. The van der Waals surface area contributed by atoms with Crippen molar-refractivity contribution in [1.82, 2.24) is 4.90 Å². The van der Waals surface area contributed by atoms with E-state index in [9.17, 15) is 0 Å². The number of nitriles is 1. The second-order valence-electron chi connectivity index (χ2n) is 6.37. The summed E-state index contributed by atoms with van der Waals surface area (Å²) in [5.41, 5.74) is 1.03. The van der Waals surface area contributed by atoms with Crippen molar-refractivity contribution >= 4 is 0 Å². The molecule has 0 aliphatic heterocycles. The molecule has 3 nitrogen and oxygen atoms in total. The molecule has 0 atom stereocenters. The first kappa shape index (κ1) is 17.5. The van der Waals surface area contributed by atoms with Gasteiger partial charge in [-0.3, -0.25) is 4.90 Å². The number of hydrogen-bond donors (Lipinski definition) is 0. The lowest BCUT2D eigenvalue weighted by Gasteiger charge is -2.26. The molecule has 0 fully saturated rings. The highest BCUT2D eigenvalue weighted by Crippen LogP contribution is 2.12. The van der Waals surface area contributed by atoms with Crippen molar-refractivity contribution in [3.05, 3.63) is 29.8 Å². The predicted molar refractivity (Wildman–Crippen MR) is 87.4 cm³/mol. The molecule has 0 heterocycles. The molecule has 0 amide bonds. The van der Waals surface area contributed by atoms with Crippen molar-refractivity contribution in [3.63, 3.8) is 0 Å². The third-order valence-electron chi connectivity index (χ3n) is 3.13. The minimum Gasteiger partial charge on any atom is -0.492 e. The molecule has 0 bridgehead atoms. The highest BCUT2D eigenvalue weighted by molar-refractivity contribution is 5.28. The third kappa shape index (κ3) is 7.72. The van der Waals surface area contributed by atoms with Gasteiger partial charge in [0, 0.05) is 19.6 Å². The fourth-order valence-corrected chi connectivity index (χ4v) is 2.38. The minimum atomic E-state index is 0.455. The monoisotopic (exact) mass is 288 g/mol. The fraction of sp³-hybridized carbons (Fsp3) is 0.611. The van der Waals surface area contributed by atoms with Gasteiger partial charge in [0.1, 0.15) is 12.4 Å². The zero-order valence-electron chi connectivity index (χ0n) is 13.8. The zero-order valence-corrected chi connectivity index (χ0v) is 13.8. The summed E-state index contributed by atoms with van der Waals surface area (Å²) < 4.78 is 5.81. The molecule has 116 valence electrons. The van der Waals surface area contributed by atoms with Crippen LogP contribution in [0.15, 0.2) is 24.3 Å². The number of benzene rings is 1. The van der Waals surface area contributed by atoms with Gasteiger partial charge in [-0.15, -0.1) is 0 Å². The van der Waals surface area contributed by atoms with E-state index in [2.05, 4.69) is 38.7 Å². The Morgan fingerprint density at radius 2 is 1.62 bits per heavy atom. The van der Waals surface area contributed by atoms with Gasteiger partial charge in [0.15, 0.2) is 0 Å². The zero-order chi connectivity index (χ0) is 15.7. The highest BCUT2D eigenvalue weighted by Gasteiger charge is 2.09. The van der Waals surface area contributed by atoms with Crippen LogP contribution in [0.1, 0.15) is 33.3 Å². The van der Waals surface area contributed by atoms with Crippen LogP contribution in [0.2, 0.25) is 0 Å². The van der Waals surface area contributed by atoms with E-state index in [-0.39, 0.29) is 0 Å². The molecule has 0 aliphatic rings. The molecule has 1 aromatic carbocycles. The Balaban J connectivity index is 2.40. The van der Waals surface area contributed by atoms with Gasteiger partial charge in [-0.25, -0.2) is 0 Å². The lowest BCUT2D eigenvalue weighted by Crippen LogP contribution is -2.34. The molecule has 0 unspecified atom stereocenters. The Hall–Kier alpha value is -1.53. The summed E-state index contributed by atoms with van der Waals surface area (Å²) in [7, 11) is 0. The molecule has 0 aliphatic carbocycles. The third-order valence-corrected chi connectivity index (χ3v) is 3.13. The quantitative estimate of drug-likeness (QED) is 0.694. The second kappa shape index (κ2) is 9.41. The number of nitrogens with zero attached hydrogens (tertiary/aromatic N) is 2. The van der Waals surface area contributed by atoms with Crippen LogP contribution in [0.4, 0.5) is 0 Å². The molecule has 0 aromatic heterocycles. The highest BCUT2D eigenvalue weighted by atomic mass is 16.5. The van der Waals surface area contributed by atoms with Gasteiger partial charge in [0.25, 0.3) is 0 Å². The maximum atomic E-state index is 8.65. The molecule has 3 heteroatoms. The summed E-state index contributed by atoms with van der Waals surface area (Å²) in [6.07, 6.45) is 0.455. The van der Waals surface area contributed by atoms with Crippen molar-refractivity contribution < 1.29 is 4.74 Å². The molecular formula is C18H28N2O. The predicted octanol–water partition coefficient (Wildman–Crippen LogP) is 3.75. The molecular weight excluding hydrogens is 260 g/mol. The molecule has 1 rings (SSSR count). The van der Waals surface area contributed by atoms with Gasteiger partial charge in [0.05, 0.1) is 12.5 Å². The van der Waals surface area contributed by atoms with Gasteiger partial charge < -0.3 is 4.74 Å². The van der Waals surface area contributed by atoms with E-state index in [0.29, 0.717) is 24.9 Å². The molecule has 0 N–H and O–H groups in total. The average Bonchev–Trinajstić information content (AvgIpc) is 2.39. The Kier molecular flexibility index (Phi) is 7.85. The van der Waals surface area contributed by atoms with Crippen molar-refractivity contribution in [1.29, 1.82) is 5.26 Å². The fourth-order valence-electron chi connectivity index (χ4n) is 2.38. The number of hydrogen-bond acceptors (Lipinski definition) is 3. The van der Waals surface area contributed by atoms with E-state index in [0.717, 1.165) is 30.9 Å². The van der Waals surface area contributed by atoms with Crippen molar-refractivity contribution in [3.8, 4) is 11.8 Å². The Bertz CT molecular complexity index is 422. The van der Waals surface area contributed by atoms with Crippen LogP contribution in [0.3, 0.4) is 0 Å². The summed E-state index contributed by atoms with van der Waals surface area (Å²) in [6, 6.07) is 9.96. The molecule has 0 saturated heterocycles. The SMILES string of the molecule is CC(C)CN(CCOc1ccc(CC#N)cc1)CC(C)C. The van der Waals surface area contributed by atoms with Crippen LogP contribution in [0, 0.1) is 23.2 Å². The van der Waals surface area contributed by atoms with Crippen molar-refractivity contribution in [2.75, 3.05) is 26.2 Å². The summed E-state index contributed by atoms with van der Waals surface area (Å²) >= 11 is 0. The molecule has 0 radical (unpaired) electrons. The summed E-state index contributed by atoms with van der Waals surface area (Å²) in [4.78, 5) is 2.47. The van der Waals surface area contributed by atoms with Gasteiger partial charge in [-0.1, -0.05) is 39.8 Å². The minimum absolute atomic E-state index is 0.455. The molecule has 0 spiro atoms. The lowest BCUT2D eigenvalue weighted by atomic mass is 10.1. The van der Waals surface area contributed by atoms with Gasteiger partial charge >= 0.3 is 0 Å². The summed E-state index contributed by atoms with van der Waals surface area (Å²) in [6.45, 7) is 12.9. The summed E-state index contributed by atoms with van der Waals surface area (Å²) in [5, 5.41) is 8.65. The Morgan fingerprint density at radius 1 is 1.05 bits per heavy atom. The Morgan fingerprint density at radius 3 is 2.10 bits per heavy atom. The first-order chi connectivity index (χ1) is 10.0. The molecule has 0 saturated carbocycles. The standard InChI is InChI=1S/C18H28N2O/c1-15(2)13-20(14-16(3)4)11-12-21-18-7-5-17(6-8-18)9-10-19/h5-8,15-16H,9,11-14H2,1-4H3. The van der Waals surface area contributed by atoms with E-state index >= 15 is 0 Å². The van der Waals surface area contributed by atoms with Gasteiger partial charge in [-0.2, -0.15) is 5.26 Å². The molecule has 1 aromatic rings. The Labute approximate surface area is 129 Å². The van der Waals surface area contributed by atoms with Crippen LogP contribution in [-0.2, 0) is 6.42 Å². The second-order valence-corrected chi connectivity index (χ2v) is 6.37. The van der Waals surface area contributed by atoms with Crippen LogP contribution in [-0.4, -0.2) is 31.1 Å². The van der Waals surface area contributed by atoms with E-state index in [1.54, 1.807) is 0 Å². The lowest BCUT2D eigenvalue weighted by molar-refractivity contribution is 0.177. The topological polar surface area (TPSA) is 36.3 Å². The van der Waals surface area contributed by atoms with E-state index in [1.807, 2.05) is 24.3 Å². The van der Waals surface area contributed by atoms with Crippen LogP contribution in [0.5, 0.6) is 5.75 Å². The number of rotatable bonds is 9. The normalized spacial score (nSPS) is 11.1. The van der Waals surface area contributed by atoms with Crippen LogP contribution in [0.25, 0.3) is 0 Å².